The lowest BCUT2D eigenvalue weighted by Gasteiger charge is -2.31. The molecule has 6 heteroatoms. The molecule has 0 aliphatic carbocycles. The third-order valence-corrected chi connectivity index (χ3v) is 3.43. The fourth-order valence-corrected chi connectivity index (χ4v) is 2.30. The minimum absolute atomic E-state index is 0.0248. The summed E-state index contributed by atoms with van der Waals surface area (Å²) in [7, 11) is 0. The monoisotopic (exact) mass is 304 g/mol. The molecule has 0 saturated carbocycles. The third kappa shape index (κ3) is 6.03. The van der Waals surface area contributed by atoms with Gasteiger partial charge in [-0.05, 0) is 24.9 Å². The van der Waals surface area contributed by atoms with E-state index in [4.69, 9.17) is 5.73 Å². The molecule has 120 valence electrons. The molecule has 3 N–H and O–H groups in total. The first-order valence-electron chi connectivity index (χ1n) is 7.08. The number of hydrogen-bond donors (Lipinski definition) is 2. The van der Waals surface area contributed by atoms with E-state index in [1.165, 1.54) is 4.90 Å². The molecule has 3 nitrogen and oxygen atoms in total. The predicted octanol–water partition coefficient (Wildman–Crippen LogP) is 2.50. The maximum absolute atomic E-state index is 12.5. The van der Waals surface area contributed by atoms with Crippen LogP contribution in [0.4, 0.5) is 13.2 Å². The van der Waals surface area contributed by atoms with Gasteiger partial charge in [-0.25, -0.2) is 0 Å². The minimum atomic E-state index is -4.23. The average Bonchev–Trinajstić information content (AvgIpc) is 2.44. The highest BCUT2D eigenvalue weighted by molar-refractivity contribution is 5.22. The van der Waals surface area contributed by atoms with Gasteiger partial charge < -0.3 is 10.8 Å². The number of benzene rings is 1. The smallest absolute Gasteiger partial charge is 0.384 e. The zero-order chi connectivity index (χ0) is 15.9. The summed E-state index contributed by atoms with van der Waals surface area (Å²) in [6.45, 7) is 1.33. The lowest BCUT2D eigenvalue weighted by atomic mass is 9.90. The summed E-state index contributed by atoms with van der Waals surface area (Å²) in [5.74, 6) is 0. The van der Waals surface area contributed by atoms with Crippen molar-refractivity contribution in [3.8, 4) is 0 Å². The van der Waals surface area contributed by atoms with Crippen molar-refractivity contribution in [2.75, 3.05) is 26.2 Å². The van der Waals surface area contributed by atoms with E-state index in [1.54, 1.807) is 24.3 Å². The Balaban J connectivity index is 2.71. The van der Waals surface area contributed by atoms with Gasteiger partial charge >= 0.3 is 6.18 Å². The molecule has 1 rings (SSSR count). The summed E-state index contributed by atoms with van der Waals surface area (Å²) in [5.41, 5.74) is 4.98. The maximum atomic E-state index is 12.5. The van der Waals surface area contributed by atoms with Crippen LogP contribution in [0, 0.1) is 0 Å². The lowest BCUT2D eigenvalue weighted by Crippen LogP contribution is -2.41. The number of rotatable bonds is 8. The number of nitrogens with two attached hydrogens (primary N) is 1. The van der Waals surface area contributed by atoms with Gasteiger partial charge in [0.15, 0.2) is 0 Å². The Morgan fingerprint density at radius 3 is 2.24 bits per heavy atom. The van der Waals surface area contributed by atoms with Crippen LogP contribution >= 0.6 is 0 Å². The molecule has 0 saturated heterocycles. The van der Waals surface area contributed by atoms with E-state index in [2.05, 4.69) is 0 Å². The normalized spacial score (nSPS) is 15.2. The summed E-state index contributed by atoms with van der Waals surface area (Å²) >= 11 is 0. The summed E-state index contributed by atoms with van der Waals surface area (Å²) < 4.78 is 37.6. The molecule has 0 heterocycles. The van der Waals surface area contributed by atoms with E-state index < -0.39 is 18.3 Å². The van der Waals surface area contributed by atoms with Crippen LogP contribution in [0.15, 0.2) is 30.3 Å². The van der Waals surface area contributed by atoms with Crippen LogP contribution in [-0.4, -0.2) is 42.4 Å². The highest BCUT2D eigenvalue weighted by atomic mass is 19.4. The molecule has 21 heavy (non-hydrogen) atoms. The Kier molecular flexibility index (Phi) is 6.64. The van der Waals surface area contributed by atoms with Crippen molar-refractivity contribution in [1.29, 1.82) is 0 Å². The minimum Gasteiger partial charge on any atom is -0.384 e. The third-order valence-electron chi connectivity index (χ3n) is 3.43. The number of alkyl halides is 3. The summed E-state index contributed by atoms with van der Waals surface area (Å²) in [6.07, 6.45) is -3.44. The SMILES string of the molecule is CCCN(CCC(O)(CN)c1ccccc1)CC(F)(F)F. The molecule has 0 spiro atoms. The molecular formula is C15H23F3N2O. The van der Waals surface area contributed by atoms with Crippen LogP contribution in [-0.2, 0) is 5.60 Å². The molecule has 0 fully saturated rings. The van der Waals surface area contributed by atoms with Crippen molar-refractivity contribution in [1.82, 2.24) is 4.90 Å². The quantitative estimate of drug-likeness (QED) is 0.776. The number of nitrogens with zero attached hydrogens (tertiary/aromatic N) is 1. The number of aliphatic hydroxyl groups is 1. The van der Waals surface area contributed by atoms with Crippen molar-refractivity contribution in [2.24, 2.45) is 5.73 Å². The second-order valence-corrected chi connectivity index (χ2v) is 5.24. The fourth-order valence-electron chi connectivity index (χ4n) is 2.30. The zero-order valence-electron chi connectivity index (χ0n) is 12.2. The zero-order valence-corrected chi connectivity index (χ0v) is 12.2. The molecule has 0 aliphatic rings. The van der Waals surface area contributed by atoms with Gasteiger partial charge in [0.2, 0.25) is 0 Å². The molecule has 1 aromatic carbocycles. The summed E-state index contributed by atoms with van der Waals surface area (Å²) in [4.78, 5) is 1.31. The van der Waals surface area contributed by atoms with E-state index >= 15 is 0 Å². The van der Waals surface area contributed by atoms with Crippen LogP contribution in [0.25, 0.3) is 0 Å². The van der Waals surface area contributed by atoms with E-state index in [0.29, 0.717) is 18.5 Å². The number of hydrogen-bond acceptors (Lipinski definition) is 3. The van der Waals surface area contributed by atoms with Crippen LogP contribution in [0.2, 0.25) is 0 Å². The van der Waals surface area contributed by atoms with Crippen molar-refractivity contribution in [3.05, 3.63) is 35.9 Å². The van der Waals surface area contributed by atoms with E-state index in [1.807, 2.05) is 13.0 Å². The van der Waals surface area contributed by atoms with Gasteiger partial charge in [0.1, 0.15) is 5.60 Å². The first kappa shape index (κ1) is 17.9. The van der Waals surface area contributed by atoms with E-state index in [-0.39, 0.29) is 19.5 Å². The fraction of sp³-hybridized carbons (Fsp3) is 0.600. The van der Waals surface area contributed by atoms with Crippen LogP contribution in [0.5, 0.6) is 0 Å². The van der Waals surface area contributed by atoms with Crippen LogP contribution in [0.3, 0.4) is 0 Å². The molecule has 0 amide bonds. The van der Waals surface area contributed by atoms with Crippen LogP contribution in [0.1, 0.15) is 25.3 Å². The Hall–Kier alpha value is -1.11. The Morgan fingerprint density at radius 1 is 1.14 bits per heavy atom. The number of halogens is 3. The first-order valence-corrected chi connectivity index (χ1v) is 7.08. The molecule has 1 unspecified atom stereocenters. The summed E-state index contributed by atoms with van der Waals surface area (Å²) in [5, 5.41) is 10.6. The molecule has 1 atom stereocenters. The molecule has 0 aliphatic heterocycles. The van der Waals surface area contributed by atoms with Gasteiger partial charge in [-0.1, -0.05) is 37.3 Å². The highest BCUT2D eigenvalue weighted by Gasteiger charge is 2.33. The first-order chi connectivity index (χ1) is 9.80. The van der Waals surface area contributed by atoms with Crippen molar-refractivity contribution in [2.45, 2.75) is 31.5 Å². The van der Waals surface area contributed by atoms with Gasteiger partial charge in [0.05, 0.1) is 6.54 Å². The van der Waals surface area contributed by atoms with E-state index in [9.17, 15) is 18.3 Å². The largest absolute Gasteiger partial charge is 0.401 e. The summed E-state index contributed by atoms with van der Waals surface area (Å²) in [6, 6.07) is 8.83. The Labute approximate surface area is 123 Å². The topological polar surface area (TPSA) is 49.5 Å². The molecule has 0 bridgehead atoms. The Morgan fingerprint density at radius 2 is 1.76 bits per heavy atom. The molecule has 0 radical (unpaired) electrons. The lowest BCUT2D eigenvalue weighted by molar-refractivity contribution is -0.147. The van der Waals surface area contributed by atoms with Gasteiger partial charge in [-0.15, -0.1) is 0 Å². The van der Waals surface area contributed by atoms with Gasteiger partial charge in [0.25, 0.3) is 0 Å². The van der Waals surface area contributed by atoms with Crippen molar-refractivity contribution >= 4 is 0 Å². The average molecular weight is 304 g/mol. The standard InChI is InChI=1S/C15H23F3N2O/c1-2-9-20(12-15(16,17)18)10-8-14(21,11-19)13-6-4-3-5-7-13/h3-7,21H,2,8-12,19H2,1H3. The van der Waals surface area contributed by atoms with Crippen molar-refractivity contribution < 1.29 is 18.3 Å². The van der Waals surface area contributed by atoms with Crippen molar-refractivity contribution in [3.63, 3.8) is 0 Å². The highest BCUT2D eigenvalue weighted by Crippen LogP contribution is 2.25. The molecule has 1 aromatic rings. The second kappa shape index (κ2) is 7.77. The Bertz CT molecular complexity index is 411. The molecule has 0 aromatic heterocycles. The maximum Gasteiger partial charge on any atom is 0.401 e. The second-order valence-electron chi connectivity index (χ2n) is 5.24. The molecular weight excluding hydrogens is 281 g/mol. The van der Waals surface area contributed by atoms with Crippen LogP contribution < -0.4 is 5.73 Å². The van der Waals surface area contributed by atoms with E-state index in [0.717, 1.165) is 0 Å². The predicted molar refractivity (Wildman–Crippen MR) is 76.8 cm³/mol. The van der Waals surface area contributed by atoms with Gasteiger partial charge in [-0.3, -0.25) is 4.90 Å². The van der Waals surface area contributed by atoms with Gasteiger partial charge in [0, 0.05) is 13.1 Å². The van der Waals surface area contributed by atoms with Gasteiger partial charge in [-0.2, -0.15) is 13.2 Å².